The number of ether oxygens (including phenoxy) is 1. The van der Waals surface area contributed by atoms with Crippen molar-refractivity contribution in [1.82, 2.24) is 9.88 Å². The second-order valence-corrected chi connectivity index (χ2v) is 7.59. The third-order valence-electron chi connectivity index (χ3n) is 5.77. The van der Waals surface area contributed by atoms with Gasteiger partial charge in [0.05, 0.1) is 23.4 Å². The van der Waals surface area contributed by atoms with Crippen LogP contribution in [0.15, 0.2) is 54.6 Å². The molecule has 0 spiro atoms. The number of rotatable bonds is 5. The zero-order valence-electron chi connectivity index (χ0n) is 17.2. The molecule has 1 saturated heterocycles. The molecule has 1 atom stereocenters. The number of carbonyl (C=O) groups excluding carboxylic acids is 1. The van der Waals surface area contributed by atoms with Crippen LogP contribution < -0.4 is 4.74 Å². The maximum Gasteiger partial charge on any atom is 0.254 e. The van der Waals surface area contributed by atoms with Crippen molar-refractivity contribution < 1.29 is 9.53 Å². The highest BCUT2D eigenvalue weighted by atomic mass is 16.5. The van der Waals surface area contributed by atoms with E-state index >= 15 is 0 Å². The molecule has 29 heavy (non-hydrogen) atoms. The van der Waals surface area contributed by atoms with E-state index in [4.69, 9.17) is 9.72 Å². The van der Waals surface area contributed by atoms with Crippen LogP contribution in [0.1, 0.15) is 49.9 Å². The first-order chi connectivity index (χ1) is 14.2. The summed E-state index contributed by atoms with van der Waals surface area (Å²) >= 11 is 0. The van der Waals surface area contributed by atoms with Crippen LogP contribution in [0.3, 0.4) is 0 Å². The largest absolute Gasteiger partial charge is 0.494 e. The molecule has 2 aromatic carbocycles. The molecule has 1 aliphatic rings. The molecule has 0 radical (unpaired) electrons. The molecule has 0 N–H and O–H groups in total. The van der Waals surface area contributed by atoms with E-state index in [0.717, 1.165) is 59.3 Å². The van der Waals surface area contributed by atoms with Crippen LogP contribution in [0, 0.1) is 0 Å². The average Bonchev–Trinajstić information content (AvgIpc) is 2.78. The van der Waals surface area contributed by atoms with Gasteiger partial charge in [-0.15, -0.1) is 0 Å². The van der Waals surface area contributed by atoms with E-state index in [0.29, 0.717) is 12.6 Å². The molecule has 1 fully saturated rings. The summed E-state index contributed by atoms with van der Waals surface area (Å²) in [6.07, 6.45) is 4.38. The Kier molecular flexibility index (Phi) is 5.79. The molecule has 1 aliphatic heterocycles. The van der Waals surface area contributed by atoms with Crippen molar-refractivity contribution >= 4 is 16.8 Å². The molecule has 1 amide bonds. The monoisotopic (exact) mass is 388 g/mol. The van der Waals surface area contributed by atoms with Crippen molar-refractivity contribution in [2.45, 2.75) is 45.6 Å². The number of fused-ring (bicyclic) bond motifs is 1. The van der Waals surface area contributed by atoms with Crippen molar-refractivity contribution in [3.05, 3.63) is 60.2 Å². The fourth-order valence-electron chi connectivity index (χ4n) is 4.24. The Morgan fingerprint density at radius 2 is 1.90 bits per heavy atom. The van der Waals surface area contributed by atoms with Gasteiger partial charge in [-0.05, 0) is 69.0 Å². The molecule has 1 unspecified atom stereocenters. The highest BCUT2D eigenvalue weighted by Gasteiger charge is 2.27. The van der Waals surface area contributed by atoms with E-state index in [-0.39, 0.29) is 5.91 Å². The smallest absolute Gasteiger partial charge is 0.254 e. The topological polar surface area (TPSA) is 42.4 Å². The fourth-order valence-corrected chi connectivity index (χ4v) is 4.24. The lowest BCUT2D eigenvalue weighted by molar-refractivity contribution is 0.0610. The van der Waals surface area contributed by atoms with Gasteiger partial charge in [0.2, 0.25) is 0 Å². The predicted octanol–water partition coefficient (Wildman–Crippen LogP) is 5.71. The summed E-state index contributed by atoms with van der Waals surface area (Å²) in [7, 11) is 0. The van der Waals surface area contributed by atoms with Gasteiger partial charge < -0.3 is 9.64 Å². The number of hydrogen-bond donors (Lipinski definition) is 0. The minimum absolute atomic E-state index is 0.127. The van der Waals surface area contributed by atoms with Crippen molar-refractivity contribution in [2.75, 3.05) is 13.2 Å². The number of hydrogen-bond acceptors (Lipinski definition) is 3. The summed E-state index contributed by atoms with van der Waals surface area (Å²) in [5.41, 5.74) is 3.41. The van der Waals surface area contributed by atoms with Gasteiger partial charge in [-0.25, -0.2) is 4.98 Å². The fraction of sp³-hybridized carbons (Fsp3) is 0.360. The molecule has 1 aromatic heterocycles. The van der Waals surface area contributed by atoms with Gasteiger partial charge in [0, 0.05) is 23.5 Å². The number of likely N-dealkylation sites (tertiary alicyclic amines) is 1. The Morgan fingerprint density at radius 1 is 1.10 bits per heavy atom. The first-order valence-corrected chi connectivity index (χ1v) is 10.6. The van der Waals surface area contributed by atoms with Crippen LogP contribution >= 0.6 is 0 Å². The number of amides is 1. The van der Waals surface area contributed by atoms with E-state index in [9.17, 15) is 4.79 Å². The minimum atomic E-state index is 0.127. The van der Waals surface area contributed by atoms with Crippen molar-refractivity contribution in [3.63, 3.8) is 0 Å². The van der Waals surface area contributed by atoms with Crippen molar-refractivity contribution in [3.8, 4) is 17.0 Å². The maximum absolute atomic E-state index is 13.6. The first-order valence-electron chi connectivity index (χ1n) is 10.6. The van der Waals surface area contributed by atoms with Crippen LogP contribution in [0.4, 0.5) is 0 Å². The number of benzene rings is 2. The second kappa shape index (κ2) is 8.64. The van der Waals surface area contributed by atoms with Gasteiger partial charge >= 0.3 is 0 Å². The standard InChI is InChI=1S/C25H28N2O2/c1-3-19-9-7-8-16-27(19)25(28)22-17-24(26-23-11-6-5-10-21(22)23)18-12-14-20(15-13-18)29-4-2/h5-6,10-15,17,19H,3-4,7-9,16H2,1-2H3. The van der Waals surface area contributed by atoms with Crippen LogP contribution in [0.5, 0.6) is 5.75 Å². The average molecular weight is 389 g/mol. The molecule has 150 valence electrons. The van der Waals surface area contributed by atoms with Crippen LogP contribution in [0.2, 0.25) is 0 Å². The minimum Gasteiger partial charge on any atom is -0.494 e. The number of carbonyl (C=O) groups is 1. The third-order valence-corrected chi connectivity index (χ3v) is 5.77. The van der Waals surface area contributed by atoms with E-state index in [1.165, 1.54) is 6.42 Å². The Labute approximate surface area is 172 Å². The van der Waals surface area contributed by atoms with Crippen molar-refractivity contribution in [1.29, 1.82) is 0 Å². The number of pyridine rings is 1. The Balaban J connectivity index is 1.77. The quantitative estimate of drug-likeness (QED) is 0.563. The number of para-hydroxylation sites is 1. The van der Waals surface area contributed by atoms with Gasteiger partial charge in [0.15, 0.2) is 0 Å². The molecular weight excluding hydrogens is 360 g/mol. The summed E-state index contributed by atoms with van der Waals surface area (Å²) < 4.78 is 5.55. The third kappa shape index (κ3) is 3.98. The van der Waals surface area contributed by atoms with Crippen LogP contribution in [-0.2, 0) is 0 Å². The molecule has 0 aliphatic carbocycles. The highest BCUT2D eigenvalue weighted by molar-refractivity contribution is 6.07. The zero-order valence-corrected chi connectivity index (χ0v) is 17.2. The lowest BCUT2D eigenvalue weighted by atomic mass is 9.97. The van der Waals surface area contributed by atoms with Crippen molar-refractivity contribution in [2.24, 2.45) is 0 Å². The molecule has 3 aromatic rings. The van der Waals surface area contributed by atoms with Gasteiger partial charge in [-0.1, -0.05) is 25.1 Å². The Hall–Kier alpha value is -2.88. The Bertz CT molecular complexity index is 997. The normalized spacial score (nSPS) is 16.8. The zero-order chi connectivity index (χ0) is 20.2. The predicted molar refractivity (Wildman–Crippen MR) is 117 cm³/mol. The SMILES string of the molecule is CCOc1ccc(-c2cc(C(=O)N3CCCCC3CC)c3ccccc3n2)cc1. The Morgan fingerprint density at radius 3 is 2.66 bits per heavy atom. The van der Waals surface area contributed by atoms with Crippen LogP contribution in [0.25, 0.3) is 22.2 Å². The van der Waals surface area contributed by atoms with E-state index in [2.05, 4.69) is 11.8 Å². The summed E-state index contributed by atoms with van der Waals surface area (Å²) in [5.74, 6) is 0.967. The molecule has 4 nitrogen and oxygen atoms in total. The van der Waals surface area contributed by atoms with Gasteiger partial charge in [0.25, 0.3) is 5.91 Å². The highest BCUT2D eigenvalue weighted by Crippen LogP contribution is 2.29. The lowest BCUT2D eigenvalue weighted by Gasteiger charge is -2.35. The maximum atomic E-state index is 13.6. The summed E-state index contributed by atoms with van der Waals surface area (Å²) in [5, 5.41) is 0.924. The summed E-state index contributed by atoms with van der Waals surface area (Å²) in [6.45, 7) is 5.63. The van der Waals surface area contributed by atoms with E-state index in [1.54, 1.807) is 0 Å². The molecule has 4 heteroatoms. The first kappa shape index (κ1) is 19.4. The number of nitrogens with zero attached hydrogens (tertiary/aromatic N) is 2. The molecule has 0 saturated carbocycles. The lowest BCUT2D eigenvalue weighted by Crippen LogP contribution is -2.43. The van der Waals surface area contributed by atoms with E-state index < -0.39 is 0 Å². The number of aromatic nitrogens is 1. The second-order valence-electron chi connectivity index (χ2n) is 7.59. The molecule has 0 bridgehead atoms. The summed E-state index contributed by atoms with van der Waals surface area (Å²) in [4.78, 5) is 20.5. The van der Waals surface area contributed by atoms with Gasteiger partial charge in [0.1, 0.15) is 5.75 Å². The summed E-state index contributed by atoms with van der Waals surface area (Å²) in [6, 6.07) is 18.1. The molecule has 4 rings (SSSR count). The van der Waals surface area contributed by atoms with E-state index in [1.807, 2.05) is 61.5 Å². The number of piperidine rings is 1. The van der Waals surface area contributed by atoms with Gasteiger partial charge in [-0.3, -0.25) is 4.79 Å². The molecule has 2 heterocycles. The van der Waals surface area contributed by atoms with Gasteiger partial charge in [-0.2, -0.15) is 0 Å². The van der Waals surface area contributed by atoms with Crippen LogP contribution in [-0.4, -0.2) is 35.0 Å². The molecular formula is C25H28N2O2.